The molecule has 0 unspecified atom stereocenters. The molecule has 3 aliphatic carbocycles. The number of tetrazole rings is 2. The molecule has 0 radical (unpaired) electrons. The van der Waals surface area contributed by atoms with E-state index in [-0.39, 0.29) is 32.2 Å². The van der Waals surface area contributed by atoms with E-state index >= 15 is 0 Å². The van der Waals surface area contributed by atoms with Crippen LogP contribution in [0.5, 0.6) is 0 Å². The van der Waals surface area contributed by atoms with Gasteiger partial charge in [-0.25, -0.2) is 0 Å². The van der Waals surface area contributed by atoms with Gasteiger partial charge >= 0.3 is 0 Å². The summed E-state index contributed by atoms with van der Waals surface area (Å²) in [5, 5.41) is 36.9. The van der Waals surface area contributed by atoms with Crippen molar-refractivity contribution in [3.8, 4) is 6.07 Å². The summed E-state index contributed by atoms with van der Waals surface area (Å²) in [5.41, 5.74) is 5.62. The lowest BCUT2D eigenvalue weighted by molar-refractivity contribution is 0.308. The largest absolute Gasteiger partial charge is 0.330 e. The average molecular weight is 623 g/mol. The zero-order valence-electron chi connectivity index (χ0n) is 25.2. The maximum Gasteiger partial charge on any atom is 0.177 e. The normalized spacial score (nSPS) is 27.0. The maximum atomic E-state index is 9.96. The van der Waals surface area contributed by atoms with E-state index in [2.05, 4.69) is 61.2 Å². The monoisotopic (exact) mass is 621 g/mol. The number of aromatic nitrogens is 8. The van der Waals surface area contributed by atoms with E-state index in [9.17, 15) is 4.39 Å². The standard InChI is InChI=1S/C9H16N4.C9H15N.C8H15N5.CH3F.CH4.2ClH/c1-2-7-3-5-8(6-4-7)9-10-12-13-11-9;1-2-8-3-5-9(7-10)6-4-8;9-5-6-1-3-7(4-2-6)8-10-12-13-11-8;1-2;;;/h7-8H,2-6H2,1H3,(H,10,11,12,13);8-9H,2-6H2,1H3;6-7H,1-5,9H2,(H,10,11,12,13);1H3;1H4;2*1H/i;;;1D;;;. The second-order valence-corrected chi connectivity index (χ2v) is 10.9. The van der Waals surface area contributed by atoms with Crippen molar-refractivity contribution in [2.45, 2.75) is 123 Å². The van der Waals surface area contributed by atoms with Crippen LogP contribution in [0.25, 0.3) is 0 Å². The zero-order valence-corrected chi connectivity index (χ0v) is 25.8. The van der Waals surface area contributed by atoms with Gasteiger partial charge in [-0.1, -0.05) is 44.5 Å². The van der Waals surface area contributed by atoms with E-state index in [4.69, 9.17) is 12.4 Å². The molecule has 13 heteroatoms. The molecular formula is C28H55Cl2FN10. The summed E-state index contributed by atoms with van der Waals surface area (Å²) in [6, 6.07) is 2.35. The lowest BCUT2D eigenvalue weighted by Crippen LogP contribution is -2.21. The van der Waals surface area contributed by atoms with Crippen LogP contribution in [-0.2, 0) is 0 Å². The Morgan fingerprint density at radius 3 is 1.44 bits per heavy atom. The van der Waals surface area contributed by atoms with Crippen LogP contribution < -0.4 is 5.73 Å². The van der Waals surface area contributed by atoms with Crippen LogP contribution in [-0.4, -0.2) is 54.9 Å². The third kappa shape index (κ3) is 14.7. The van der Waals surface area contributed by atoms with Crippen molar-refractivity contribution >= 4 is 24.8 Å². The van der Waals surface area contributed by atoms with E-state index in [1.165, 1.54) is 64.2 Å². The van der Waals surface area contributed by atoms with Gasteiger partial charge in [0.25, 0.3) is 0 Å². The Morgan fingerprint density at radius 1 is 0.780 bits per heavy atom. The van der Waals surface area contributed by atoms with Gasteiger partial charge in [-0.2, -0.15) is 15.7 Å². The van der Waals surface area contributed by atoms with Gasteiger partial charge in [0.1, 0.15) is 0 Å². The molecule has 3 fully saturated rings. The minimum atomic E-state index is -1.00. The molecule has 10 nitrogen and oxygen atoms in total. The second kappa shape index (κ2) is 24.7. The molecule has 0 aromatic carbocycles. The van der Waals surface area contributed by atoms with Crippen LogP contribution in [0.3, 0.4) is 0 Å². The number of rotatable bonds is 5. The number of nitriles is 1. The number of nitrogens with two attached hydrogens (primary N) is 1. The van der Waals surface area contributed by atoms with Gasteiger partial charge in [-0.3, -0.25) is 4.39 Å². The molecule has 4 N–H and O–H groups in total. The quantitative estimate of drug-likeness (QED) is 0.318. The molecule has 238 valence electrons. The summed E-state index contributed by atoms with van der Waals surface area (Å²) >= 11 is 0. The molecule has 2 heterocycles. The van der Waals surface area contributed by atoms with Gasteiger partial charge in [0.2, 0.25) is 0 Å². The summed E-state index contributed by atoms with van der Waals surface area (Å²) in [6.45, 7) is 5.34. The van der Waals surface area contributed by atoms with Crippen molar-refractivity contribution in [2.24, 2.45) is 29.4 Å². The number of aromatic amines is 2. The Kier molecular flexibility index (Phi) is 23.5. The summed E-state index contributed by atoms with van der Waals surface area (Å²) in [6.07, 6.45) is 17.3. The minimum absolute atomic E-state index is 0. The van der Waals surface area contributed by atoms with Gasteiger partial charge < -0.3 is 5.73 Å². The predicted octanol–water partition coefficient (Wildman–Crippen LogP) is 7.11. The van der Waals surface area contributed by atoms with Crippen LogP contribution in [0.4, 0.5) is 4.39 Å². The van der Waals surface area contributed by atoms with E-state index < -0.39 is 7.15 Å². The first-order chi connectivity index (χ1) is 19.1. The molecule has 3 saturated carbocycles. The van der Waals surface area contributed by atoms with Crippen molar-refractivity contribution in [1.29, 1.82) is 5.26 Å². The highest BCUT2D eigenvalue weighted by Crippen LogP contribution is 2.35. The van der Waals surface area contributed by atoms with Crippen LogP contribution in [0.15, 0.2) is 0 Å². The SMILES string of the molecule is C.CCC1CCC(C#N)CC1.CCC1CCC(c2nn[nH]n2)CC1.Cl.Cl.NCC1CCC(c2nn[nH]n2)CC1.[2H]CF. The number of alkyl halides is 1. The number of nitrogens with one attached hydrogen (secondary N) is 2. The molecule has 2 aromatic rings. The topological polar surface area (TPSA) is 159 Å². The number of nitrogens with zero attached hydrogens (tertiary/aromatic N) is 7. The van der Waals surface area contributed by atoms with Gasteiger partial charge in [0.05, 0.1) is 14.6 Å². The molecule has 0 saturated heterocycles. The number of halogens is 3. The molecule has 0 aliphatic heterocycles. The van der Waals surface area contributed by atoms with E-state index in [0.29, 0.717) is 23.7 Å². The van der Waals surface area contributed by atoms with E-state index in [1.807, 2.05) is 0 Å². The fourth-order valence-corrected chi connectivity index (χ4v) is 5.87. The molecule has 0 amide bonds. The third-order valence-corrected chi connectivity index (χ3v) is 8.66. The summed E-state index contributed by atoms with van der Waals surface area (Å²) < 4.78 is 15.5. The van der Waals surface area contributed by atoms with Crippen LogP contribution in [0.2, 0.25) is 0 Å². The fraction of sp³-hybridized carbons (Fsp3) is 0.893. The highest BCUT2D eigenvalue weighted by molar-refractivity contribution is 5.85. The van der Waals surface area contributed by atoms with Gasteiger partial charge in [-0.05, 0) is 101 Å². The summed E-state index contributed by atoms with van der Waals surface area (Å²) in [4.78, 5) is 0. The first-order valence-electron chi connectivity index (χ1n) is 15.2. The van der Waals surface area contributed by atoms with Crippen molar-refractivity contribution in [2.75, 3.05) is 13.7 Å². The summed E-state index contributed by atoms with van der Waals surface area (Å²) in [5.74, 6) is 5.78. The van der Waals surface area contributed by atoms with Crippen LogP contribution >= 0.6 is 24.8 Å². The first-order valence-corrected chi connectivity index (χ1v) is 14.5. The molecule has 3 aliphatic rings. The zero-order chi connectivity index (χ0) is 28.3. The Morgan fingerprint density at radius 2 is 1.15 bits per heavy atom. The van der Waals surface area contributed by atoms with Crippen LogP contribution in [0, 0.1) is 35.0 Å². The van der Waals surface area contributed by atoms with Crippen molar-refractivity contribution in [1.82, 2.24) is 41.2 Å². The Hall–Kier alpha value is -1.90. The Balaban J connectivity index is 0. The average Bonchev–Trinajstić information content (AvgIpc) is 3.74. The van der Waals surface area contributed by atoms with Crippen molar-refractivity contribution < 1.29 is 5.76 Å². The molecule has 0 bridgehead atoms. The molecule has 5 rings (SSSR count). The third-order valence-electron chi connectivity index (χ3n) is 8.66. The molecule has 0 spiro atoms. The van der Waals surface area contributed by atoms with Crippen molar-refractivity contribution in [3.05, 3.63) is 11.6 Å². The Labute approximate surface area is 260 Å². The smallest absolute Gasteiger partial charge is 0.177 e. The van der Waals surface area contributed by atoms with E-state index in [1.54, 1.807) is 0 Å². The van der Waals surface area contributed by atoms with Crippen LogP contribution in [0.1, 0.15) is 136 Å². The van der Waals surface area contributed by atoms with Gasteiger partial charge in [-0.15, -0.1) is 45.2 Å². The molecule has 0 atom stereocenters. The maximum absolute atomic E-state index is 9.96. The lowest BCUT2D eigenvalue weighted by atomic mass is 9.80. The molecule has 41 heavy (non-hydrogen) atoms. The second-order valence-electron chi connectivity index (χ2n) is 10.9. The van der Waals surface area contributed by atoms with Gasteiger partial charge in [0, 0.05) is 17.8 Å². The summed E-state index contributed by atoms with van der Waals surface area (Å²) in [7, 11) is -1.00. The highest BCUT2D eigenvalue weighted by atomic mass is 35.5. The van der Waals surface area contributed by atoms with Gasteiger partial charge in [0.15, 0.2) is 11.6 Å². The van der Waals surface area contributed by atoms with Crippen molar-refractivity contribution in [3.63, 3.8) is 0 Å². The molecule has 2 aromatic heterocycles. The highest BCUT2D eigenvalue weighted by Gasteiger charge is 2.25. The molecular weight excluding hydrogens is 566 g/mol. The fourth-order valence-electron chi connectivity index (χ4n) is 5.87. The number of H-pyrrole nitrogens is 2. The predicted molar refractivity (Wildman–Crippen MR) is 167 cm³/mol. The Bertz CT molecular complexity index is 810. The minimum Gasteiger partial charge on any atom is -0.330 e. The van der Waals surface area contributed by atoms with E-state index in [0.717, 1.165) is 55.7 Å². The number of hydrogen-bond acceptors (Lipinski definition) is 8. The lowest BCUT2D eigenvalue weighted by Gasteiger charge is -2.25. The number of hydrogen-bond donors (Lipinski definition) is 3. The first kappa shape index (κ1) is 39.1.